The molecule has 0 fully saturated rings. The first-order valence-corrected chi connectivity index (χ1v) is 6.48. The Bertz CT molecular complexity index is 639. The predicted molar refractivity (Wildman–Crippen MR) is 79.9 cm³/mol. The number of hydrogen-bond acceptors (Lipinski definition) is 5. The number of pyridine rings is 1. The molecule has 0 atom stereocenters. The third-order valence-corrected chi connectivity index (χ3v) is 2.36. The molecule has 0 radical (unpaired) electrons. The van der Waals surface area contributed by atoms with E-state index in [1.54, 1.807) is 26.8 Å². The first kappa shape index (κ1) is 17.2. The minimum atomic E-state index is -1.19. The standard InChI is InChI=1S/C15H17N3O4/c1-15(2,3)22-14(21)18-12-9-17-7-5-10(12)8-11(4-6-16)13(19)20/h5,7-9H,4H2,1-3H3,(H,18,21)(H,19,20)/b11-8+. The highest BCUT2D eigenvalue weighted by Gasteiger charge is 2.17. The zero-order valence-corrected chi connectivity index (χ0v) is 12.6. The topological polar surface area (TPSA) is 112 Å². The van der Waals surface area contributed by atoms with Gasteiger partial charge in [0.25, 0.3) is 0 Å². The van der Waals surface area contributed by atoms with E-state index in [0.717, 1.165) is 0 Å². The van der Waals surface area contributed by atoms with E-state index in [0.29, 0.717) is 11.3 Å². The van der Waals surface area contributed by atoms with Crippen molar-refractivity contribution in [1.29, 1.82) is 5.26 Å². The quantitative estimate of drug-likeness (QED) is 0.827. The molecule has 2 N–H and O–H groups in total. The summed E-state index contributed by atoms with van der Waals surface area (Å²) in [5.74, 6) is -1.19. The molecular weight excluding hydrogens is 286 g/mol. The number of nitriles is 1. The Morgan fingerprint density at radius 1 is 1.50 bits per heavy atom. The van der Waals surface area contributed by atoms with Crippen LogP contribution in [-0.4, -0.2) is 27.8 Å². The Morgan fingerprint density at radius 2 is 2.18 bits per heavy atom. The number of rotatable bonds is 4. The number of aliphatic carboxylic acids is 1. The molecule has 0 aliphatic heterocycles. The molecular formula is C15H17N3O4. The Labute approximate surface area is 128 Å². The lowest BCUT2D eigenvalue weighted by atomic mass is 10.1. The minimum Gasteiger partial charge on any atom is -0.478 e. The van der Waals surface area contributed by atoms with Crippen molar-refractivity contribution < 1.29 is 19.4 Å². The summed E-state index contributed by atoms with van der Waals surface area (Å²) in [4.78, 5) is 26.7. The van der Waals surface area contributed by atoms with Gasteiger partial charge in [-0.2, -0.15) is 5.26 Å². The van der Waals surface area contributed by atoms with Crippen LogP contribution in [0.15, 0.2) is 24.0 Å². The number of nitrogens with one attached hydrogen (secondary N) is 1. The van der Waals surface area contributed by atoms with Crippen molar-refractivity contribution in [2.24, 2.45) is 0 Å². The van der Waals surface area contributed by atoms with Gasteiger partial charge >= 0.3 is 12.1 Å². The van der Waals surface area contributed by atoms with Gasteiger partial charge in [0.05, 0.1) is 29.9 Å². The molecule has 1 rings (SSSR count). The van der Waals surface area contributed by atoms with Crippen molar-refractivity contribution in [3.05, 3.63) is 29.6 Å². The Hall–Kier alpha value is -2.88. The molecule has 0 bridgehead atoms. The number of carbonyl (C=O) groups is 2. The highest BCUT2D eigenvalue weighted by atomic mass is 16.6. The molecule has 7 nitrogen and oxygen atoms in total. The normalized spacial score (nSPS) is 11.5. The van der Waals surface area contributed by atoms with Gasteiger partial charge in [0.1, 0.15) is 5.60 Å². The number of anilines is 1. The summed E-state index contributed by atoms with van der Waals surface area (Å²) in [6.07, 6.45) is 3.23. The van der Waals surface area contributed by atoms with Gasteiger partial charge in [-0.05, 0) is 32.9 Å². The van der Waals surface area contributed by atoms with Gasteiger partial charge < -0.3 is 9.84 Å². The number of amides is 1. The molecule has 0 unspecified atom stereocenters. The van der Waals surface area contributed by atoms with Crippen LogP contribution in [-0.2, 0) is 9.53 Å². The molecule has 1 aromatic rings. The van der Waals surface area contributed by atoms with Crippen LogP contribution in [0.3, 0.4) is 0 Å². The molecule has 0 aliphatic rings. The van der Waals surface area contributed by atoms with Gasteiger partial charge in [-0.25, -0.2) is 9.59 Å². The Balaban J connectivity index is 3.04. The highest BCUT2D eigenvalue weighted by Crippen LogP contribution is 2.19. The van der Waals surface area contributed by atoms with Crippen molar-refractivity contribution in [2.75, 3.05) is 5.32 Å². The van der Waals surface area contributed by atoms with Gasteiger partial charge in [-0.1, -0.05) is 0 Å². The molecule has 116 valence electrons. The molecule has 1 heterocycles. The summed E-state index contributed by atoms with van der Waals surface area (Å²) in [5, 5.41) is 20.2. The zero-order chi connectivity index (χ0) is 16.8. The van der Waals surface area contributed by atoms with E-state index in [2.05, 4.69) is 10.3 Å². The van der Waals surface area contributed by atoms with E-state index < -0.39 is 17.7 Å². The van der Waals surface area contributed by atoms with E-state index >= 15 is 0 Å². The number of carbonyl (C=O) groups excluding carboxylic acids is 1. The van der Waals surface area contributed by atoms with E-state index in [1.807, 2.05) is 0 Å². The van der Waals surface area contributed by atoms with Crippen LogP contribution in [0.4, 0.5) is 10.5 Å². The van der Waals surface area contributed by atoms with Gasteiger partial charge in [0, 0.05) is 11.8 Å². The molecule has 1 aromatic heterocycles. The van der Waals surface area contributed by atoms with Crippen LogP contribution in [0.5, 0.6) is 0 Å². The minimum absolute atomic E-state index is 0.0825. The molecule has 0 spiro atoms. The van der Waals surface area contributed by atoms with Crippen LogP contribution in [0, 0.1) is 11.3 Å². The SMILES string of the molecule is CC(C)(C)OC(=O)Nc1cnccc1/C=C(\CC#N)C(=O)O. The summed E-state index contributed by atoms with van der Waals surface area (Å²) < 4.78 is 5.13. The average Bonchev–Trinajstić information content (AvgIpc) is 2.37. The fourth-order valence-corrected chi connectivity index (χ4v) is 1.51. The third-order valence-electron chi connectivity index (χ3n) is 2.36. The number of aromatic nitrogens is 1. The van der Waals surface area contributed by atoms with Gasteiger partial charge in [-0.15, -0.1) is 0 Å². The van der Waals surface area contributed by atoms with E-state index in [9.17, 15) is 9.59 Å². The first-order chi connectivity index (χ1) is 10.2. The molecule has 0 aromatic carbocycles. The lowest BCUT2D eigenvalue weighted by molar-refractivity contribution is -0.132. The van der Waals surface area contributed by atoms with E-state index in [-0.39, 0.29) is 12.0 Å². The zero-order valence-electron chi connectivity index (χ0n) is 12.6. The van der Waals surface area contributed by atoms with Gasteiger partial charge in [0.2, 0.25) is 0 Å². The number of hydrogen-bond donors (Lipinski definition) is 2. The predicted octanol–water partition coefficient (Wildman–Crippen LogP) is 2.81. The molecule has 22 heavy (non-hydrogen) atoms. The van der Waals surface area contributed by atoms with Crippen LogP contribution in [0.2, 0.25) is 0 Å². The summed E-state index contributed by atoms with van der Waals surface area (Å²) in [5.41, 5.74) is -0.0159. The molecule has 0 aliphatic carbocycles. The summed E-state index contributed by atoms with van der Waals surface area (Å²) in [6, 6.07) is 3.32. The second-order valence-electron chi connectivity index (χ2n) is 5.40. The Kier molecular flexibility index (Phi) is 5.64. The van der Waals surface area contributed by atoms with Crippen LogP contribution in [0.1, 0.15) is 32.8 Å². The molecule has 7 heteroatoms. The second-order valence-corrected chi connectivity index (χ2v) is 5.40. The van der Waals surface area contributed by atoms with E-state index in [1.165, 1.54) is 24.5 Å². The average molecular weight is 303 g/mol. The summed E-state index contributed by atoms with van der Waals surface area (Å²) in [6.45, 7) is 5.18. The number of carboxylic acid groups (broad SMARTS) is 1. The van der Waals surface area contributed by atoms with Crippen molar-refractivity contribution in [3.8, 4) is 6.07 Å². The maximum absolute atomic E-state index is 11.8. The molecule has 0 saturated carbocycles. The number of carboxylic acids is 1. The van der Waals surface area contributed by atoms with Crippen molar-refractivity contribution in [2.45, 2.75) is 32.8 Å². The molecule has 1 amide bonds. The smallest absolute Gasteiger partial charge is 0.412 e. The van der Waals surface area contributed by atoms with Gasteiger partial charge in [-0.3, -0.25) is 10.3 Å². The summed E-state index contributed by atoms with van der Waals surface area (Å²) >= 11 is 0. The van der Waals surface area contributed by atoms with Crippen LogP contribution < -0.4 is 5.32 Å². The molecule has 0 saturated heterocycles. The second kappa shape index (κ2) is 7.22. The maximum atomic E-state index is 11.8. The lowest BCUT2D eigenvalue weighted by Crippen LogP contribution is -2.27. The monoisotopic (exact) mass is 303 g/mol. The van der Waals surface area contributed by atoms with Crippen molar-refractivity contribution >= 4 is 23.8 Å². The Morgan fingerprint density at radius 3 is 2.73 bits per heavy atom. The number of ether oxygens (including phenoxy) is 1. The van der Waals surface area contributed by atoms with E-state index in [4.69, 9.17) is 15.1 Å². The van der Waals surface area contributed by atoms with Crippen LogP contribution >= 0.6 is 0 Å². The third kappa shape index (κ3) is 5.63. The fourth-order valence-electron chi connectivity index (χ4n) is 1.51. The number of nitrogens with zero attached hydrogens (tertiary/aromatic N) is 2. The first-order valence-electron chi connectivity index (χ1n) is 6.48. The lowest BCUT2D eigenvalue weighted by Gasteiger charge is -2.20. The highest BCUT2D eigenvalue weighted by molar-refractivity contribution is 5.95. The summed E-state index contributed by atoms with van der Waals surface area (Å²) in [7, 11) is 0. The fraction of sp³-hybridized carbons (Fsp3) is 0.333. The van der Waals surface area contributed by atoms with Gasteiger partial charge in [0.15, 0.2) is 0 Å². The van der Waals surface area contributed by atoms with Crippen LogP contribution in [0.25, 0.3) is 6.08 Å². The van der Waals surface area contributed by atoms with Crippen molar-refractivity contribution in [3.63, 3.8) is 0 Å². The van der Waals surface area contributed by atoms with Crippen molar-refractivity contribution in [1.82, 2.24) is 4.98 Å². The maximum Gasteiger partial charge on any atom is 0.412 e. The largest absolute Gasteiger partial charge is 0.478 e.